The van der Waals surface area contributed by atoms with Crippen molar-refractivity contribution in [1.82, 2.24) is 10.6 Å². The number of methoxy groups -OCH3 is 1. The highest BCUT2D eigenvalue weighted by Gasteiger charge is 2.63. The average Bonchev–Trinajstić information content (AvgIpc) is 3.02. The van der Waals surface area contributed by atoms with Crippen LogP contribution in [0.3, 0.4) is 0 Å². The van der Waals surface area contributed by atoms with E-state index in [1.807, 2.05) is 0 Å². The van der Waals surface area contributed by atoms with Crippen LogP contribution in [-0.4, -0.2) is 43.3 Å². The molecule has 2 N–H and O–H groups in total. The van der Waals surface area contributed by atoms with E-state index in [0.717, 1.165) is 7.11 Å². The summed E-state index contributed by atoms with van der Waals surface area (Å²) in [4.78, 5) is 22.1. The highest BCUT2D eigenvalue weighted by Crippen LogP contribution is 2.48. The molecule has 0 aliphatic heterocycles. The first-order valence-corrected chi connectivity index (χ1v) is 5.38. The zero-order valence-corrected chi connectivity index (χ0v) is 10.1. The van der Waals surface area contributed by atoms with E-state index in [2.05, 4.69) is 15.4 Å². The average molecular weight is 268 g/mol. The second kappa shape index (κ2) is 5.13. The van der Waals surface area contributed by atoms with Gasteiger partial charge in [-0.2, -0.15) is 13.2 Å². The second-order valence-corrected chi connectivity index (χ2v) is 4.24. The number of halogens is 3. The Kier molecular flexibility index (Phi) is 4.20. The molecule has 1 amide bonds. The van der Waals surface area contributed by atoms with Crippen molar-refractivity contribution >= 4 is 11.9 Å². The zero-order chi connectivity index (χ0) is 14.0. The molecule has 8 heteroatoms. The minimum absolute atomic E-state index is 0.0233. The van der Waals surface area contributed by atoms with E-state index in [9.17, 15) is 22.8 Å². The number of amides is 1. The Labute approximate surface area is 102 Å². The highest BCUT2D eigenvalue weighted by atomic mass is 19.4. The molecule has 104 valence electrons. The quantitative estimate of drug-likeness (QED) is 0.706. The summed E-state index contributed by atoms with van der Waals surface area (Å²) >= 11 is 0. The molecule has 0 bridgehead atoms. The molecule has 1 saturated carbocycles. The third-order valence-electron chi connectivity index (χ3n) is 2.80. The largest absolute Gasteiger partial charge is 0.467 e. The molecule has 1 rings (SSSR count). The monoisotopic (exact) mass is 268 g/mol. The van der Waals surface area contributed by atoms with Crippen LogP contribution in [0.5, 0.6) is 0 Å². The SMILES string of the molecule is COC(=O)C(CNC1(C(F)(F)F)CC1)NC(C)=O. The number of hydrogen-bond donors (Lipinski definition) is 2. The number of rotatable bonds is 5. The highest BCUT2D eigenvalue weighted by molar-refractivity contribution is 5.83. The van der Waals surface area contributed by atoms with E-state index in [4.69, 9.17) is 0 Å². The molecule has 0 heterocycles. The fourth-order valence-corrected chi connectivity index (χ4v) is 1.56. The van der Waals surface area contributed by atoms with Gasteiger partial charge in [-0.25, -0.2) is 4.79 Å². The summed E-state index contributed by atoms with van der Waals surface area (Å²) in [6.45, 7) is 0.859. The summed E-state index contributed by atoms with van der Waals surface area (Å²) in [6, 6.07) is -1.12. The minimum Gasteiger partial charge on any atom is -0.467 e. The Hall–Kier alpha value is -1.31. The lowest BCUT2D eigenvalue weighted by Crippen LogP contribution is -2.53. The molecule has 0 aromatic rings. The third-order valence-corrected chi connectivity index (χ3v) is 2.80. The first-order valence-electron chi connectivity index (χ1n) is 5.38. The smallest absolute Gasteiger partial charge is 0.406 e. The van der Waals surface area contributed by atoms with Gasteiger partial charge in [0.25, 0.3) is 0 Å². The number of carbonyl (C=O) groups excluding carboxylic acids is 2. The fourth-order valence-electron chi connectivity index (χ4n) is 1.56. The molecule has 0 saturated heterocycles. The van der Waals surface area contributed by atoms with Gasteiger partial charge in [0, 0.05) is 13.5 Å². The van der Waals surface area contributed by atoms with Crippen LogP contribution >= 0.6 is 0 Å². The molecule has 18 heavy (non-hydrogen) atoms. The van der Waals surface area contributed by atoms with Crippen molar-refractivity contribution in [2.75, 3.05) is 13.7 Å². The van der Waals surface area contributed by atoms with Gasteiger partial charge in [-0.3, -0.25) is 4.79 Å². The summed E-state index contributed by atoms with van der Waals surface area (Å²) in [5.41, 5.74) is -1.92. The molecule has 0 aromatic carbocycles. The maximum Gasteiger partial charge on any atom is 0.406 e. The Morgan fingerprint density at radius 2 is 1.94 bits per heavy atom. The Morgan fingerprint density at radius 1 is 1.39 bits per heavy atom. The molecule has 1 aliphatic carbocycles. The number of carbonyl (C=O) groups is 2. The molecular weight excluding hydrogens is 253 g/mol. The number of esters is 1. The van der Waals surface area contributed by atoms with Crippen LogP contribution in [0, 0.1) is 0 Å². The van der Waals surface area contributed by atoms with Gasteiger partial charge in [-0.15, -0.1) is 0 Å². The van der Waals surface area contributed by atoms with Crippen molar-refractivity contribution in [3.05, 3.63) is 0 Å². The molecule has 0 radical (unpaired) electrons. The lowest BCUT2D eigenvalue weighted by atomic mass is 10.2. The maximum absolute atomic E-state index is 12.6. The minimum atomic E-state index is -4.36. The lowest BCUT2D eigenvalue weighted by Gasteiger charge is -2.23. The second-order valence-electron chi connectivity index (χ2n) is 4.24. The summed E-state index contributed by atoms with van der Waals surface area (Å²) in [5.74, 6) is -1.29. The molecule has 0 aromatic heterocycles. The van der Waals surface area contributed by atoms with Crippen molar-refractivity contribution in [1.29, 1.82) is 0 Å². The number of alkyl halides is 3. The Morgan fingerprint density at radius 3 is 2.28 bits per heavy atom. The van der Waals surface area contributed by atoms with Gasteiger partial charge in [0.05, 0.1) is 7.11 Å². The van der Waals surface area contributed by atoms with Crippen molar-refractivity contribution in [3.63, 3.8) is 0 Å². The lowest BCUT2D eigenvalue weighted by molar-refractivity contribution is -0.167. The van der Waals surface area contributed by atoms with E-state index in [1.54, 1.807) is 0 Å². The van der Waals surface area contributed by atoms with Crippen molar-refractivity contribution in [3.8, 4) is 0 Å². The van der Waals surface area contributed by atoms with Gasteiger partial charge in [0.2, 0.25) is 5.91 Å². The number of ether oxygens (including phenoxy) is 1. The summed E-state index contributed by atoms with van der Waals surface area (Å²) < 4.78 is 42.3. The van der Waals surface area contributed by atoms with Gasteiger partial charge in [-0.05, 0) is 12.8 Å². The summed E-state index contributed by atoms with van der Waals surface area (Å²) in [7, 11) is 1.10. The van der Waals surface area contributed by atoms with E-state index >= 15 is 0 Å². The molecular formula is C10H15F3N2O3. The molecule has 5 nitrogen and oxygen atoms in total. The maximum atomic E-state index is 12.6. The Balaban J connectivity index is 2.58. The van der Waals surface area contributed by atoms with Crippen LogP contribution < -0.4 is 10.6 Å². The van der Waals surface area contributed by atoms with Crippen LogP contribution in [0.25, 0.3) is 0 Å². The van der Waals surface area contributed by atoms with Crippen molar-refractivity contribution < 1.29 is 27.5 Å². The summed E-state index contributed by atoms with van der Waals surface area (Å²) in [5, 5.41) is 4.53. The van der Waals surface area contributed by atoms with Gasteiger partial charge < -0.3 is 15.4 Å². The van der Waals surface area contributed by atoms with Crippen LogP contribution in [0.1, 0.15) is 19.8 Å². The van der Waals surface area contributed by atoms with E-state index < -0.39 is 29.6 Å². The fraction of sp³-hybridized carbons (Fsp3) is 0.800. The molecule has 1 atom stereocenters. The van der Waals surface area contributed by atoms with Gasteiger partial charge in [-0.1, -0.05) is 0 Å². The third kappa shape index (κ3) is 3.34. The Bertz CT molecular complexity index is 340. The first-order chi connectivity index (χ1) is 8.22. The molecule has 0 spiro atoms. The van der Waals surface area contributed by atoms with E-state index in [-0.39, 0.29) is 19.4 Å². The van der Waals surface area contributed by atoms with Crippen LogP contribution in [0.15, 0.2) is 0 Å². The molecule has 1 aliphatic rings. The first kappa shape index (κ1) is 14.7. The van der Waals surface area contributed by atoms with E-state index in [1.165, 1.54) is 6.92 Å². The standard InChI is InChI=1S/C10H15F3N2O3/c1-6(16)15-7(8(17)18-2)5-14-9(3-4-9)10(11,12)13/h7,14H,3-5H2,1-2H3,(H,15,16). The topological polar surface area (TPSA) is 67.4 Å². The van der Waals surface area contributed by atoms with Gasteiger partial charge >= 0.3 is 12.1 Å². The summed E-state index contributed by atoms with van der Waals surface area (Å²) in [6.07, 6.45) is -4.40. The molecule has 1 fully saturated rings. The zero-order valence-electron chi connectivity index (χ0n) is 10.1. The van der Waals surface area contributed by atoms with Crippen LogP contribution in [0.4, 0.5) is 13.2 Å². The van der Waals surface area contributed by atoms with Crippen molar-refractivity contribution in [2.45, 2.75) is 37.5 Å². The van der Waals surface area contributed by atoms with Gasteiger partial charge in [0.15, 0.2) is 0 Å². The van der Waals surface area contributed by atoms with Crippen molar-refractivity contribution in [2.24, 2.45) is 0 Å². The normalized spacial score (nSPS) is 18.9. The molecule has 1 unspecified atom stereocenters. The number of nitrogens with one attached hydrogen (secondary N) is 2. The van der Waals surface area contributed by atoms with Gasteiger partial charge in [0.1, 0.15) is 11.6 Å². The predicted molar refractivity (Wildman–Crippen MR) is 55.6 cm³/mol. The van der Waals surface area contributed by atoms with Crippen LogP contribution in [0.2, 0.25) is 0 Å². The predicted octanol–water partition coefficient (Wildman–Crippen LogP) is 0.349. The van der Waals surface area contributed by atoms with Crippen LogP contribution in [-0.2, 0) is 14.3 Å². The number of hydrogen-bond acceptors (Lipinski definition) is 4. The van der Waals surface area contributed by atoms with E-state index in [0.29, 0.717) is 0 Å².